The molecule has 7 heteroatoms. The number of esters is 1. The largest absolute Gasteiger partial charge is 0.466 e. The highest BCUT2D eigenvalue weighted by molar-refractivity contribution is 5.86. The Morgan fingerprint density at radius 2 is 2.08 bits per heavy atom. The summed E-state index contributed by atoms with van der Waals surface area (Å²) < 4.78 is 4.51. The number of amides is 1. The van der Waals surface area contributed by atoms with Crippen molar-refractivity contribution in [3.05, 3.63) is 24.2 Å². The average Bonchev–Trinajstić information content (AvgIpc) is 3.11. The molecule has 1 aliphatic rings. The molecule has 7 nitrogen and oxygen atoms in total. The smallest absolute Gasteiger partial charge is 0.330 e. The van der Waals surface area contributed by atoms with Crippen LogP contribution >= 0.6 is 0 Å². The van der Waals surface area contributed by atoms with Gasteiger partial charge in [-0.3, -0.25) is 9.78 Å². The van der Waals surface area contributed by atoms with Crippen LogP contribution in [0.5, 0.6) is 0 Å². The number of hydrogen-bond acceptors (Lipinski definition) is 6. The van der Waals surface area contributed by atoms with Gasteiger partial charge in [-0.05, 0) is 25.3 Å². The number of rotatable bonds is 7. The maximum absolute atomic E-state index is 12.3. The van der Waals surface area contributed by atoms with Crippen LogP contribution in [0, 0.1) is 0 Å². The van der Waals surface area contributed by atoms with Gasteiger partial charge >= 0.3 is 5.97 Å². The first kappa shape index (κ1) is 17.9. The van der Waals surface area contributed by atoms with Crippen molar-refractivity contribution in [1.29, 1.82) is 0 Å². The minimum atomic E-state index is -0.450. The fourth-order valence-electron chi connectivity index (χ4n) is 2.62. The highest BCUT2D eigenvalue weighted by Crippen LogP contribution is 2.18. The Morgan fingerprint density at radius 1 is 1.33 bits per heavy atom. The summed E-state index contributed by atoms with van der Waals surface area (Å²) in [5, 5.41) is 6.19. The lowest BCUT2D eigenvalue weighted by molar-refractivity contribution is -0.134. The molecule has 1 atom stereocenters. The molecule has 24 heavy (non-hydrogen) atoms. The van der Waals surface area contributed by atoms with Crippen molar-refractivity contribution in [2.45, 2.75) is 51.1 Å². The van der Waals surface area contributed by atoms with Crippen LogP contribution in [0.15, 0.2) is 18.5 Å². The Bertz CT molecular complexity index is 580. The van der Waals surface area contributed by atoms with E-state index in [0.29, 0.717) is 24.0 Å². The molecule has 1 saturated carbocycles. The second kappa shape index (κ2) is 9.00. The number of carbonyl (C=O) groups is 2. The molecule has 2 rings (SSSR count). The number of hydrogen-bond donors (Lipinski definition) is 2. The molecule has 1 fully saturated rings. The normalized spacial score (nSPS) is 16.1. The minimum Gasteiger partial charge on any atom is -0.466 e. The second-order valence-electron chi connectivity index (χ2n) is 5.78. The van der Waals surface area contributed by atoms with Crippen LogP contribution in [0.1, 0.15) is 44.7 Å². The Kier molecular flexibility index (Phi) is 6.72. The van der Waals surface area contributed by atoms with Crippen LogP contribution < -0.4 is 10.6 Å². The van der Waals surface area contributed by atoms with E-state index >= 15 is 0 Å². The maximum Gasteiger partial charge on any atom is 0.330 e. The van der Waals surface area contributed by atoms with Gasteiger partial charge in [0.25, 0.3) is 0 Å². The van der Waals surface area contributed by atoms with Crippen molar-refractivity contribution in [1.82, 2.24) is 15.3 Å². The Morgan fingerprint density at radius 3 is 2.67 bits per heavy atom. The van der Waals surface area contributed by atoms with E-state index in [1.54, 1.807) is 6.20 Å². The van der Waals surface area contributed by atoms with Crippen LogP contribution in [0.4, 0.5) is 5.82 Å². The van der Waals surface area contributed by atoms with Crippen LogP contribution in [0.25, 0.3) is 6.08 Å². The monoisotopic (exact) mass is 332 g/mol. The van der Waals surface area contributed by atoms with Crippen molar-refractivity contribution in [3.8, 4) is 0 Å². The number of nitrogens with one attached hydrogen (secondary N) is 2. The Labute approximate surface area is 141 Å². The summed E-state index contributed by atoms with van der Waals surface area (Å²) in [6.07, 6.45) is 11.0. The maximum atomic E-state index is 12.3. The molecular weight excluding hydrogens is 308 g/mol. The number of aromatic nitrogens is 2. The fraction of sp³-hybridized carbons (Fsp3) is 0.529. The first-order chi connectivity index (χ1) is 11.6. The van der Waals surface area contributed by atoms with Gasteiger partial charge < -0.3 is 15.4 Å². The highest BCUT2D eigenvalue weighted by atomic mass is 16.5. The second-order valence-corrected chi connectivity index (χ2v) is 5.78. The molecular formula is C17H24N4O3. The summed E-state index contributed by atoms with van der Waals surface area (Å²) in [5.74, 6) is 0.0770. The topological polar surface area (TPSA) is 93.2 Å². The highest BCUT2D eigenvalue weighted by Gasteiger charge is 2.22. The van der Waals surface area contributed by atoms with Crippen LogP contribution in [-0.4, -0.2) is 41.0 Å². The van der Waals surface area contributed by atoms with Crippen LogP contribution in [0.3, 0.4) is 0 Å². The number of nitrogens with zero attached hydrogens (tertiary/aromatic N) is 2. The van der Waals surface area contributed by atoms with E-state index in [1.807, 2.05) is 6.92 Å². The van der Waals surface area contributed by atoms with Gasteiger partial charge in [-0.1, -0.05) is 19.8 Å². The number of carbonyl (C=O) groups excluding carboxylic acids is 2. The predicted molar refractivity (Wildman–Crippen MR) is 91.2 cm³/mol. The molecule has 1 aliphatic carbocycles. The van der Waals surface area contributed by atoms with Crippen molar-refractivity contribution >= 4 is 23.8 Å². The molecule has 1 heterocycles. The lowest BCUT2D eigenvalue weighted by Gasteiger charge is -2.20. The van der Waals surface area contributed by atoms with E-state index in [2.05, 4.69) is 25.3 Å². The zero-order valence-corrected chi connectivity index (χ0v) is 14.1. The van der Waals surface area contributed by atoms with Crippen molar-refractivity contribution in [2.24, 2.45) is 0 Å². The summed E-state index contributed by atoms with van der Waals surface area (Å²) in [6, 6.07) is -0.0402. The third-order valence-corrected chi connectivity index (χ3v) is 4.01. The fourth-order valence-corrected chi connectivity index (χ4v) is 2.62. The molecule has 0 saturated heterocycles. The third-order valence-electron chi connectivity index (χ3n) is 4.01. The molecule has 0 bridgehead atoms. The molecule has 1 aromatic rings. The van der Waals surface area contributed by atoms with Crippen molar-refractivity contribution in [3.63, 3.8) is 0 Å². The standard InChI is InChI=1S/C17H24N4O3/c1-3-14(17(23)20-12-6-4-5-7-12)21-15-11-18-13(10-19-15)8-9-16(22)24-2/h8-12,14H,3-7H2,1-2H3,(H,19,21)(H,20,23)/b9-8+/t14-/m1/s1. The van der Waals surface area contributed by atoms with Gasteiger partial charge in [0.15, 0.2) is 0 Å². The van der Waals surface area contributed by atoms with Gasteiger partial charge in [0.05, 0.1) is 25.2 Å². The zero-order chi connectivity index (χ0) is 17.4. The van der Waals surface area contributed by atoms with Crippen molar-refractivity contribution in [2.75, 3.05) is 12.4 Å². The number of anilines is 1. The van der Waals surface area contributed by atoms with E-state index in [4.69, 9.17) is 0 Å². The molecule has 1 amide bonds. The molecule has 0 unspecified atom stereocenters. The van der Waals surface area contributed by atoms with Gasteiger partial charge in [-0.15, -0.1) is 0 Å². The zero-order valence-electron chi connectivity index (χ0n) is 14.1. The lowest BCUT2D eigenvalue weighted by atomic mass is 10.1. The van der Waals surface area contributed by atoms with Gasteiger partial charge in [0.1, 0.15) is 11.9 Å². The predicted octanol–water partition coefficient (Wildman–Crippen LogP) is 1.91. The summed E-state index contributed by atoms with van der Waals surface area (Å²) in [4.78, 5) is 31.8. The minimum absolute atomic E-state index is 0.000800. The Balaban J connectivity index is 1.91. The SMILES string of the molecule is CC[C@@H](Nc1cnc(/C=C/C(=O)OC)cn1)C(=O)NC1CCCC1. The van der Waals surface area contributed by atoms with Crippen molar-refractivity contribution < 1.29 is 14.3 Å². The first-order valence-electron chi connectivity index (χ1n) is 8.27. The summed E-state index contributed by atoms with van der Waals surface area (Å²) in [5.41, 5.74) is 0.536. The molecule has 0 radical (unpaired) electrons. The number of ether oxygens (including phenoxy) is 1. The molecule has 0 spiro atoms. The van der Waals surface area contributed by atoms with Gasteiger partial charge in [0, 0.05) is 12.1 Å². The van der Waals surface area contributed by atoms with Gasteiger partial charge in [0.2, 0.25) is 5.91 Å². The molecule has 130 valence electrons. The summed E-state index contributed by atoms with van der Waals surface area (Å²) in [7, 11) is 1.31. The Hall–Kier alpha value is -2.44. The van der Waals surface area contributed by atoms with Crippen LogP contribution in [-0.2, 0) is 14.3 Å². The molecule has 2 N–H and O–H groups in total. The first-order valence-corrected chi connectivity index (χ1v) is 8.27. The van der Waals surface area contributed by atoms with E-state index in [-0.39, 0.29) is 11.9 Å². The quantitative estimate of drug-likeness (QED) is 0.585. The lowest BCUT2D eigenvalue weighted by Crippen LogP contribution is -2.43. The molecule has 0 aromatic carbocycles. The van der Waals surface area contributed by atoms with E-state index in [0.717, 1.165) is 12.8 Å². The van der Waals surface area contributed by atoms with E-state index in [9.17, 15) is 9.59 Å². The summed E-state index contributed by atoms with van der Waals surface area (Å²) >= 11 is 0. The summed E-state index contributed by atoms with van der Waals surface area (Å²) in [6.45, 7) is 1.95. The van der Waals surface area contributed by atoms with E-state index < -0.39 is 5.97 Å². The molecule has 0 aliphatic heterocycles. The van der Waals surface area contributed by atoms with E-state index in [1.165, 1.54) is 38.3 Å². The third kappa shape index (κ3) is 5.33. The van der Waals surface area contributed by atoms with Crippen LogP contribution in [0.2, 0.25) is 0 Å². The average molecular weight is 332 g/mol. The number of methoxy groups -OCH3 is 1. The van der Waals surface area contributed by atoms with Gasteiger partial charge in [-0.25, -0.2) is 9.78 Å². The van der Waals surface area contributed by atoms with Gasteiger partial charge in [-0.2, -0.15) is 0 Å². The molecule has 1 aromatic heterocycles.